The molecule has 2 rings (SSSR count). The Bertz CT molecular complexity index is 369. The average Bonchev–Trinajstić information content (AvgIpc) is 2.47. The molecule has 0 atom stereocenters. The zero-order valence-electron chi connectivity index (χ0n) is 12.3. The van der Waals surface area contributed by atoms with Crippen LogP contribution in [0.5, 0.6) is 0 Å². The quantitative estimate of drug-likeness (QED) is 0.836. The molecule has 0 aromatic rings. The Morgan fingerprint density at radius 2 is 1.70 bits per heavy atom. The molecule has 0 radical (unpaired) electrons. The van der Waals surface area contributed by atoms with E-state index in [0.29, 0.717) is 25.9 Å². The highest BCUT2D eigenvalue weighted by molar-refractivity contribution is 5.80. The number of likely N-dealkylation sites (tertiary alicyclic amines) is 1. The van der Waals surface area contributed by atoms with Gasteiger partial charge in [0.25, 0.3) is 0 Å². The van der Waals surface area contributed by atoms with Crippen LogP contribution >= 0.6 is 0 Å². The Labute approximate surface area is 119 Å². The van der Waals surface area contributed by atoms with E-state index in [4.69, 9.17) is 4.84 Å². The van der Waals surface area contributed by atoms with Gasteiger partial charge in [0, 0.05) is 32.1 Å². The van der Waals surface area contributed by atoms with Crippen molar-refractivity contribution in [1.82, 2.24) is 9.96 Å². The van der Waals surface area contributed by atoms with Crippen molar-refractivity contribution in [2.45, 2.75) is 32.6 Å². The molecular weight excluding hydrogens is 260 g/mol. The molecule has 20 heavy (non-hydrogen) atoms. The number of hydrogen-bond acceptors (Lipinski definition) is 4. The lowest BCUT2D eigenvalue weighted by Gasteiger charge is -2.39. The molecule has 0 aliphatic carbocycles. The summed E-state index contributed by atoms with van der Waals surface area (Å²) in [6.45, 7) is 4.47. The third-order valence-electron chi connectivity index (χ3n) is 4.76. The van der Waals surface area contributed by atoms with Gasteiger partial charge in [0.05, 0.1) is 12.5 Å². The third-order valence-corrected chi connectivity index (χ3v) is 4.76. The van der Waals surface area contributed by atoms with Crippen molar-refractivity contribution in [3.05, 3.63) is 0 Å². The molecular formula is C14H24N2O4. The average molecular weight is 284 g/mol. The van der Waals surface area contributed by atoms with Crippen LogP contribution in [-0.4, -0.2) is 60.2 Å². The fourth-order valence-corrected chi connectivity index (χ4v) is 2.98. The Morgan fingerprint density at radius 1 is 1.15 bits per heavy atom. The summed E-state index contributed by atoms with van der Waals surface area (Å²) in [6.07, 6.45) is 2.73. The van der Waals surface area contributed by atoms with E-state index in [-0.39, 0.29) is 11.8 Å². The largest absolute Gasteiger partial charge is 0.481 e. The van der Waals surface area contributed by atoms with Gasteiger partial charge in [-0.3, -0.25) is 9.59 Å². The summed E-state index contributed by atoms with van der Waals surface area (Å²) < 4.78 is 0. The number of hydrogen-bond donors (Lipinski definition) is 1. The lowest BCUT2D eigenvalue weighted by molar-refractivity contribution is -0.162. The molecule has 0 unspecified atom stereocenters. The second kappa shape index (κ2) is 6.10. The lowest BCUT2D eigenvalue weighted by Crippen LogP contribution is -2.48. The number of piperidine rings is 2. The summed E-state index contributed by atoms with van der Waals surface area (Å²) in [5.41, 5.74) is -0.670. The van der Waals surface area contributed by atoms with Gasteiger partial charge in [0.15, 0.2) is 0 Å². The second-order valence-corrected chi connectivity index (χ2v) is 6.08. The van der Waals surface area contributed by atoms with Crippen LogP contribution in [0.2, 0.25) is 0 Å². The number of carboxylic acids is 1. The van der Waals surface area contributed by atoms with Crippen LogP contribution in [0.15, 0.2) is 0 Å². The normalized spacial score (nSPS) is 24.6. The second-order valence-electron chi connectivity index (χ2n) is 6.08. The zero-order chi connectivity index (χ0) is 14.8. The summed E-state index contributed by atoms with van der Waals surface area (Å²) in [5, 5.41) is 11.1. The number of amides is 1. The van der Waals surface area contributed by atoms with Crippen LogP contribution in [0, 0.1) is 11.3 Å². The van der Waals surface area contributed by atoms with Crippen molar-refractivity contribution in [3.63, 3.8) is 0 Å². The summed E-state index contributed by atoms with van der Waals surface area (Å²) in [7, 11) is 1.65. The Kier molecular flexibility index (Phi) is 4.65. The molecule has 0 spiro atoms. The topological polar surface area (TPSA) is 70.1 Å². The Morgan fingerprint density at radius 3 is 2.15 bits per heavy atom. The summed E-state index contributed by atoms with van der Waals surface area (Å²) >= 11 is 0. The number of nitrogens with zero attached hydrogens (tertiary/aromatic N) is 2. The fraction of sp³-hybridized carbons (Fsp3) is 0.857. The van der Waals surface area contributed by atoms with Gasteiger partial charge in [-0.05, 0) is 32.6 Å². The molecule has 0 bridgehead atoms. The van der Waals surface area contributed by atoms with Crippen molar-refractivity contribution in [2.24, 2.45) is 11.3 Å². The van der Waals surface area contributed by atoms with Crippen LogP contribution in [0.25, 0.3) is 0 Å². The molecule has 2 heterocycles. The third kappa shape index (κ3) is 3.12. The van der Waals surface area contributed by atoms with Crippen molar-refractivity contribution in [2.75, 3.05) is 33.3 Å². The minimum absolute atomic E-state index is 0.0654. The maximum atomic E-state index is 12.4. The SMILES string of the molecule is CON1CCC(C(=O)N2CCC(C)(C(=O)O)CC2)CC1. The van der Waals surface area contributed by atoms with Gasteiger partial charge in [-0.2, -0.15) is 5.06 Å². The van der Waals surface area contributed by atoms with E-state index in [9.17, 15) is 14.7 Å². The van der Waals surface area contributed by atoms with E-state index in [0.717, 1.165) is 25.9 Å². The zero-order valence-corrected chi connectivity index (χ0v) is 12.3. The number of rotatable bonds is 3. The monoisotopic (exact) mass is 284 g/mol. The van der Waals surface area contributed by atoms with Gasteiger partial charge in [-0.15, -0.1) is 0 Å². The highest BCUT2D eigenvalue weighted by Crippen LogP contribution is 2.32. The van der Waals surface area contributed by atoms with Gasteiger partial charge >= 0.3 is 5.97 Å². The van der Waals surface area contributed by atoms with Gasteiger partial charge in [0.2, 0.25) is 5.91 Å². The number of carbonyl (C=O) groups excluding carboxylic acids is 1. The minimum atomic E-state index is -0.752. The number of hydroxylamine groups is 2. The minimum Gasteiger partial charge on any atom is -0.481 e. The van der Waals surface area contributed by atoms with Crippen molar-refractivity contribution in [1.29, 1.82) is 0 Å². The number of carbonyl (C=O) groups is 2. The fourth-order valence-electron chi connectivity index (χ4n) is 2.98. The highest BCUT2D eigenvalue weighted by atomic mass is 16.7. The molecule has 0 aromatic heterocycles. The van der Waals surface area contributed by atoms with E-state index in [1.54, 1.807) is 14.0 Å². The molecule has 0 aromatic carbocycles. The smallest absolute Gasteiger partial charge is 0.309 e. The van der Waals surface area contributed by atoms with E-state index in [1.165, 1.54) is 0 Å². The first-order valence-corrected chi connectivity index (χ1v) is 7.27. The summed E-state index contributed by atoms with van der Waals surface area (Å²) in [6, 6.07) is 0. The summed E-state index contributed by atoms with van der Waals surface area (Å²) in [4.78, 5) is 30.7. The van der Waals surface area contributed by atoms with E-state index in [1.807, 2.05) is 9.96 Å². The van der Waals surface area contributed by atoms with Gasteiger partial charge in [0.1, 0.15) is 0 Å². The molecule has 6 nitrogen and oxygen atoms in total. The van der Waals surface area contributed by atoms with E-state index in [2.05, 4.69) is 0 Å². The van der Waals surface area contributed by atoms with Crippen LogP contribution in [0.4, 0.5) is 0 Å². The Hall–Kier alpha value is -1.14. The van der Waals surface area contributed by atoms with Crippen LogP contribution in [0.3, 0.4) is 0 Å². The first kappa shape index (κ1) is 15.3. The Balaban J connectivity index is 1.85. The maximum absolute atomic E-state index is 12.4. The maximum Gasteiger partial charge on any atom is 0.309 e. The molecule has 0 saturated carbocycles. The molecule has 114 valence electrons. The van der Waals surface area contributed by atoms with Crippen molar-refractivity contribution >= 4 is 11.9 Å². The molecule has 2 aliphatic rings. The van der Waals surface area contributed by atoms with Crippen LogP contribution < -0.4 is 0 Å². The predicted molar refractivity (Wildman–Crippen MR) is 72.9 cm³/mol. The van der Waals surface area contributed by atoms with Crippen LogP contribution in [-0.2, 0) is 14.4 Å². The van der Waals surface area contributed by atoms with E-state index >= 15 is 0 Å². The predicted octanol–water partition coefficient (Wildman–Crippen LogP) is 0.973. The van der Waals surface area contributed by atoms with Gasteiger partial charge < -0.3 is 14.8 Å². The first-order valence-electron chi connectivity index (χ1n) is 7.27. The molecule has 1 amide bonds. The van der Waals surface area contributed by atoms with Crippen LogP contribution in [0.1, 0.15) is 32.6 Å². The standard InChI is InChI=1S/C14H24N2O4/c1-14(13(18)19)5-9-15(10-6-14)12(17)11-3-7-16(20-2)8-4-11/h11H,3-10H2,1-2H3,(H,18,19). The summed E-state index contributed by atoms with van der Waals surface area (Å²) in [5.74, 6) is -0.498. The molecule has 2 aliphatic heterocycles. The van der Waals surface area contributed by atoms with E-state index < -0.39 is 11.4 Å². The lowest BCUT2D eigenvalue weighted by atomic mass is 9.80. The molecule has 6 heteroatoms. The first-order chi connectivity index (χ1) is 9.46. The number of carboxylic acid groups (broad SMARTS) is 1. The highest BCUT2D eigenvalue weighted by Gasteiger charge is 2.39. The molecule has 1 N–H and O–H groups in total. The van der Waals surface area contributed by atoms with Gasteiger partial charge in [-0.1, -0.05) is 0 Å². The molecule has 2 saturated heterocycles. The van der Waals surface area contributed by atoms with Gasteiger partial charge in [-0.25, -0.2) is 0 Å². The van der Waals surface area contributed by atoms with Crippen molar-refractivity contribution in [3.8, 4) is 0 Å². The molecule has 2 fully saturated rings. The number of aliphatic carboxylic acids is 1. The van der Waals surface area contributed by atoms with Crippen molar-refractivity contribution < 1.29 is 19.5 Å².